The van der Waals surface area contributed by atoms with Gasteiger partial charge in [-0.3, -0.25) is 0 Å². The Hall–Kier alpha value is 2.36. The molecule has 0 unspecified atom stereocenters. The molecule has 1 nitrogen and oxygen atoms in total. The standard InChI is InChI=1S/C3H4Br5N/c4-2(5,1-9)3(6,7)8/h1,9H2. The zero-order valence-electron chi connectivity index (χ0n) is 4.17. The molecule has 0 bridgehead atoms. The maximum Gasteiger partial charge on any atom is 0.161 e. The molecule has 0 aromatic carbocycles. The van der Waals surface area contributed by atoms with Crippen LogP contribution >= 0.6 is 79.6 Å². The third-order valence-corrected chi connectivity index (χ3v) is 7.73. The minimum absolute atomic E-state index is 0.368. The van der Waals surface area contributed by atoms with Crippen molar-refractivity contribution in [3.63, 3.8) is 0 Å². The van der Waals surface area contributed by atoms with E-state index in [1.54, 1.807) is 0 Å². The van der Waals surface area contributed by atoms with E-state index in [-0.39, 0.29) is 3.23 Å². The molecule has 0 saturated heterocycles. The summed E-state index contributed by atoms with van der Waals surface area (Å²) in [4.78, 5) is 0. The largest absolute Gasteiger partial charge is 0.328 e. The van der Waals surface area contributed by atoms with Crippen molar-refractivity contribution in [2.75, 3.05) is 6.54 Å². The first-order valence-corrected chi connectivity index (χ1v) is 5.92. The lowest BCUT2D eigenvalue weighted by molar-refractivity contribution is 0.902. The Labute approximate surface area is 96.1 Å². The number of halogens is 5. The van der Waals surface area contributed by atoms with E-state index in [0.717, 1.165) is 0 Å². The van der Waals surface area contributed by atoms with Crippen LogP contribution in [0.4, 0.5) is 0 Å². The Morgan fingerprint density at radius 3 is 1.33 bits per heavy atom. The fraction of sp³-hybridized carbons (Fsp3) is 1.00. The van der Waals surface area contributed by atoms with Gasteiger partial charge in [-0.1, -0.05) is 79.6 Å². The maximum absolute atomic E-state index is 5.41. The molecular formula is C3H4Br5N. The molecule has 0 aromatic rings. The maximum atomic E-state index is 5.41. The zero-order valence-corrected chi connectivity index (χ0v) is 12.1. The third-order valence-electron chi connectivity index (χ3n) is 0.671. The Bertz CT molecular complexity index is 94.9. The smallest absolute Gasteiger partial charge is 0.161 e. The highest BCUT2D eigenvalue weighted by atomic mass is 80.0. The fourth-order valence-corrected chi connectivity index (χ4v) is 0.601. The first kappa shape index (κ1) is 11.4. The highest BCUT2D eigenvalue weighted by molar-refractivity contribution is 9.41. The zero-order chi connectivity index (χ0) is 7.71. The number of nitrogens with two attached hydrogens (primary N) is 1. The van der Waals surface area contributed by atoms with Gasteiger partial charge in [0.05, 0.1) is 0 Å². The SMILES string of the molecule is NCC(Br)(Br)C(Br)(Br)Br. The number of hydrogen-bond donors (Lipinski definition) is 1. The Balaban J connectivity index is 4.14. The lowest BCUT2D eigenvalue weighted by atomic mass is 10.5. The van der Waals surface area contributed by atoms with Gasteiger partial charge >= 0.3 is 0 Å². The summed E-state index contributed by atoms with van der Waals surface area (Å²) < 4.78 is -0.776. The molecule has 0 aromatic heterocycles. The van der Waals surface area contributed by atoms with Crippen LogP contribution < -0.4 is 5.73 Å². The normalized spacial score (nSPS) is 14.0. The number of hydrogen-bond acceptors (Lipinski definition) is 1. The highest BCUT2D eigenvalue weighted by Gasteiger charge is 2.41. The number of alkyl halides is 5. The van der Waals surface area contributed by atoms with Crippen LogP contribution in [0.5, 0.6) is 0 Å². The quantitative estimate of drug-likeness (QED) is 0.606. The molecule has 0 atom stereocenters. The van der Waals surface area contributed by atoms with Gasteiger partial charge in [0.15, 0.2) is 2.14 Å². The van der Waals surface area contributed by atoms with E-state index in [2.05, 4.69) is 79.6 Å². The minimum atomic E-state index is -0.408. The van der Waals surface area contributed by atoms with Crippen LogP contribution in [0.15, 0.2) is 0 Å². The second kappa shape index (κ2) is 3.85. The summed E-state index contributed by atoms with van der Waals surface area (Å²) in [5.41, 5.74) is 5.41. The van der Waals surface area contributed by atoms with Gasteiger partial charge in [0, 0.05) is 6.54 Å². The van der Waals surface area contributed by atoms with Gasteiger partial charge in [-0.25, -0.2) is 0 Å². The van der Waals surface area contributed by atoms with Crippen molar-refractivity contribution in [1.29, 1.82) is 0 Å². The van der Waals surface area contributed by atoms with Crippen molar-refractivity contribution < 1.29 is 0 Å². The summed E-state index contributed by atoms with van der Waals surface area (Å²) >= 11 is 16.7. The average molecular weight is 454 g/mol. The van der Waals surface area contributed by atoms with E-state index in [1.807, 2.05) is 0 Å². The van der Waals surface area contributed by atoms with Crippen molar-refractivity contribution in [2.24, 2.45) is 5.73 Å². The fourth-order valence-electron chi connectivity index (χ4n) is 0.116. The van der Waals surface area contributed by atoms with Crippen LogP contribution in [-0.4, -0.2) is 11.9 Å². The van der Waals surface area contributed by atoms with Crippen LogP contribution in [0.3, 0.4) is 0 Å². The summed E-state index contributed by atoms with van der Waals surface area (Å²) in [7, 11) is 0. The molecule has 0 fully saturated rings. The summed E-state index contributed by atoms with van der Waals surface area (Å²) in [5.74, 6) is 0. The van der Waals surface area contributed by atoms with E-state index in [9.17, 15) is 0 Å². The van der Waals surface area contributed by atoms with E-state index in [1.165, 1.54) is 0 Å². The average Bonchev–Trinajstić information content (AvgIpc) is 1.64. The summed E-state index contributed by atoms with van der Waals surface area (Å²) in [6.07, 6.45) is 0. The predicted octanol–water partition coefficient (Wildman–Crippen LogP) is 3.27. The van der Waals surface area contributed by atoms with E-state index >= 15 is 0 Å². The van der Waals surface area contributed by atoms with Gasteiger partial charge in [0.2, 0.25) is 0 Å². The van der Waals surface area contributed by atoms with Crippen molar-refractivity contribution in [1.82, 2.24) is 0 Å². The first-order valence-electron chi connectivity index (χ1n) is 1.96. The molecule has 0 aliphatic rings. The lowest BCUT2D eigenvalue weighted by Gasteiger charge is -2.27. The second-order valence-corrected chi connectivity index (χ2v) is 11.9. The highest BCUT2D eigenvalue weighted by Crippen LogP contribution is 2.51. The van der Waals surface area contributed by atoms with E-state index < -0.39 is 2.14 Å². The van der Waals surface area contributed by atoms with Crippen molar-refractivity contribution in [3.8, 4) is 0 Å². The summed E-state index contributed by atoms with van der Waals surface area (Å²) in [5, 5.41) is 0. The first-order chi connectivity index (χ1) is 3.81. The Kier molecular flexibility index (Phi) is 4.86. The molecule has 2 N–H and O–H groups in total. The molecule has 0 saturated carbocycles. The summed E-state index contributed by atoms with van der Waals surface area (Å²) in [6.45, 7) is 0.453. The van der Waals surface area contributed by atoms with Crippen molar-refractivity contribution >= 4 is 79.6 Å². The van der Waals surface area contributed by atoms with E-state index in [4.69, 9.17) is 5.73 Å². The molecule has 0 amide bonds. The molecule has 0 aliphatic heterocycles. The van der Waals surface area contributed by atoms with Crippen LogP contribution in [0.25, 0.3) is 0 Å². The molecule has 0 radical (unpaired) electrons. The molecule has 0 rings (SSSR count). The molecule has 0 heterocycles. The van der Waals surface area contributed by atoms with Gasteiger partial charge in [-0.05, 0) is 0 Å². The Morgan fingerprint density at radius 2 is 1.33 bits per heavy atom. The number of rotatable bonds is 1. The molecule has 6 heteroatoms. The topological polar surface area (TPSA) is 26.0 Å². The molecule has 56 valence electrons. The minimum Gasteiger partial charge on any atom is -0.328 e. The van der Waals surface area contributed by atoms with Crippen molar-refractivity contribution in [3.05, 3.63) is 0 Å². The molecule has 0 spiro atoms. The second-order valence-electron chi connectivity index (χ2n) is 1.41. The van der Waals surface area contributed by atoms with Gasteiger partial charge in [0.1, 0.15) is 3.23 Å². The third kappa shape index (κ3) is 3.51. The van der Waals surface area contributed by atoms with Gasteiger partial charge < -0.3 is 5.73 Å². The van der Waals surface area contributed by atoms with Crippen LogP contribution in [0.2, 0.25) is 0 Å². The van der Waals surface area contributed by atoms with Crippen LogP contribution in [-0.2, 0) is 0 Å². The lowest BCUT2D eigenvalue weighted by Crippen LogP contribution is -2.36. The van der Waals surface area contributed by atoms with Gasteiger partial charge in [0.25, 0.3) is 0 Å². The van der Waals surface area contributed by atoms with Crippen molar-refractivity contribution in [2.45, 2.75) is 5.38 Å². The van der Waals surface area contributed by atoms with Crippen LogP contribution in [0, 0.1) is 0 Å². The van der Waals surface area contributed by atoms with E-state index in [0.29, 0.717) is 6.54 Å². The monoisotopic (exact) mass is 449 g/mol. The predicted molar refractivity (Wildman–Crippen MR) is 59.2 cm³/mol. The summed E-state index contributed by atoms with van der Waals surface area (Å²) in [6, 6.07) is 0. The molecular weight excluding hydrogens is 450 g/mol. The van der Waals surface area contributed by atoms with Gasteiger partial charge in [-0.15, -0.1) is 0 Å². The molecule has 9 heavy (non-hydrogen) atoms. The van der Waals surface area contributed by atoms with Crippen LogP contribution in [0.1, 0.15) is 0 Å². The van der Waals surface area contributed by atoms with Gasteiger partial charge in [-0.2, -0.15) is 0 Å². The Morgan fingerprint density at radius 1 is 1.00 bits per heavy atom. The molecule has 0 aliphatic carbocycles.